The van der Waals surface area contributed by atoms with Gasteiger partial charge in [0.15, 0.2) is 0 Å². The van der Waals surface area contributed by atoms with Crippen LogP contribution < -0.4 is 5.32 Å². The number of halogens is 3. The first-order chi connectivity index (χ1) is 8.93. The van der Waals surface area contributed by atoms with Gasteiger partial charge in [0.1, 0.15) is 0 Å². The van der Waals surface area contributed by atoms with E-state index in [9.17, 15) is 13.2 Å². The summed E-state index contributed by atoms with van der Waals surface area (Å²) in [5.41, 5.74) is -0.325. The highest BCUT2D eigenvalue weighted by atomic mass is 19.4. The number of ether oxygens (including phenoxy) is 1. The predicted molar refractivity (Wildman–Crippen MR) is 66.8 cm³/mol. The average molecular weight is 273 g/mol. The van der Waals surface area contributed by atoms with Crippen molar-refractivity contribution >= 4 is 0 Å². The van der Waals surface area contributed by atoms with Crippen LogP contribution in [0.15, 0.2) is 24.3 Å². The predicted octanol–water partition coefficient (Wildman–Crippen LogP) is 3.53. The van der Waals surface area contributed by atoms with Gasteiger partial charge in [-0.2, -0.15) is 13.2 Å². The van der Waals surface area contributed by atoms with Crippen molar-refractivity contribution in [3.63, 3.8) is 0 Å². The highest BCUT2D eigenvalue weighted by Gasteiger charge is 2.38. The second kappa shape index (κ2) is 5.51. The van der Waals surface area contributed by atoms with Crippen LogP contribution in [0.1, 0.15) is 36.9 Å². The second-order valence-electron chi connectivity index (χ2n) is 4.91. The molecule has 0 aliphatic carbocycles. The first kappa shape index (κ1) is 14.3. The lowest BCUT2D eigenvalue weighted by Crippen LogP contribution is -2.31. The lowest BCUT2D eigenvalue weighted by atomic mass is 9.94. The van der Waals surface area contributed by atoms with Crippen molar-refractivity contribution in [2.45, 2.75) is 44.2 Å². The molecule has 0 spiro atoms. The van der Waals surface area contributed by atoms with E-state index in [4.69, 9.17) is 4.74 Å². The fourth-order valence-electron chi connectivity index (χ4n) is 2.65. The molecule has 0 amide bonds. The average Bonchev–Trinajstić information content (AvgIpc) is 2.76. The lowest BCUT2D eigenvalue weighted by molar-refractivity contribution is -0.138. The fourth-order valence-corrected chi connectivity index (χ4v) is 2.65. The van der Waals surface area contributed by atoms with Crippen molar-refractivity contribution in [3.8, 4) is 0 Å². The number of likely N-dealkylation sites (N-methyl/N-ethyl adjacent to an activating group) is 1. The third-order valence-corrected chi connectivity index (χ3v) is 3.55. The number of hydrogen-bond donors (Lipinski definition) is 1. The first-order valence-corrected chi connectivity index (χ1v) is 6.42. The Balaban J connectivity index is 2.33. The highest BCUT2D eigenvalue weighted by molar-refractivity contribution is 5.33. The molecule has 3 atom stereocenters. The van der Waals surface area contributed by atoms with E-state index in [-0.39, 0.29) is 17.8 Å². The summed E-state index contributed by atoms with van der Waals surface area (Å²) in [5, 5.41) is 2.97. The van der Waals surface area contributed by atoms with Gasteiger partial charge in [0.05, 0.1) is 23.8 Å². The minimum absolute atomic E-state index is 0.110. The second-order valence-corrected chi connectivity index (χ2v) is 4.91. The quantitative estimate of drug-likeness (QED) is 0.909. The van der Waals surface area contributed by atoms with E-state index in [0.29, 0.717) is 0 Å². The molecular formula is C14H18F3NO. The normalized spacial score (nSPS) is 25.5. The van der Waals surface area contributed by atoms with Crippen molar-refractivity contribution in [3.05, 3.63) is 35.4 Å². The Morgan fingerprint density at radius 3 is 2.47 bits per heavy atom. The highest BCUT2D eigenvalue weighted by Crippen LogP contribution is 2.38. The topological polar surface area (TPSA) is 21.3 Å². The maximum absolute atomic E-state index is 13.0. The molecule has 5 heteroatoms. The third kappa shape index (κ3) is 3.09. The van der Waals surface area contributed by atoms with E-state index >= 15 is 0 Å². The Labute approximate surface area is 111 Å². The molecule has 0 aromatic heterocycles. The standard InChI is InChI=1S/C14H18F3NO/c1-9-7-8-12(19-9)13(18-2)10-5-3-4-6-11(10)14(15,16)17/h3-6,9,12-13,18H,7-8H2,1-2H3. The molecule has 0 bridgehead atoms. The molecule has 1 heterocycles. The molecule has 1 aromatic rings. The van der Waals surface area contributed by atoms with Crippen LogP contribution in [-0.2, 0) is 10.9 Å². The van der Waals surface area contributed by atoms with Crippen LogP contribution in [0.4, 0.5) is 13.2 Å². The van der Waals surface area contributed by atoms with Crippen LogP contribution >= 0.6 is 0 Å². The van der Waals surface area contributed by atoms with E-state index in [2.05, 4.69) is 5.32 Å². The zero-order valence-corrected chi connectivity index (χ0v) is 11.0. The molecular weight excluding hydrogens is 255 g/mol. The molecule has 106 valence electrons. The number of benzene rings is 1. The van der Waals surface area contributed by atoms with E-state index in [0.717, 1.165) is 18.9 Å². The summed E-state index contributed by atoms with van der Waals surface area (Å²) < 4.78 is 44.8. The molecule has 3 unspecified atom stereocenters. The molecule has 0 saturated carbocycles. The Kier molecular flexibility index (Phi) is 4.16. The van der Waals surface area contributed by atoms with Gasteiger partial charge in [-0.05, 0) is 38.4 Å². The maximum Gasteiger partial charge on any atom is 0.416 e. The number of nitrogens with one attached hydrogen (secondary N) is 1. The summed E-state index contributed by atoms with van der Waals surface area (Å²) in [5.74, 6) is 0. The number of hydrogen-bond acceptors (Lipinski definition) is 2. The van der Waals surface area contributed by atoms with Crippen LogP contribution in [0, 0.1) is 0 Å². The Morgan fingerprint density at radius 1 is 1.26 bits per heavy atom. The summed E-state index contributed by atoms with van der Waals surface area (Å²) in [6.45, 7) is 1.95. The Bertz CT molecular complexity index is 433. The molecule has 1 fully saturated rings. The van der Waals surface area contributed by atoms with E-state index in [1.807, 2.05) is 6.92 Å². The van der Waals surface area contributed by atoms with Crippen LogP contribution in [0.2, 0.25) is 0 Å². The van der Waals surface area contributed by atoms with Gasteiger partial charge in [0.2, 0.25) is 0 Å². The summed E-state index contributed by atoms with van der Waals surface area (Å²) in [6.07, 6.45) is -2.77. The summed E-state index contributed by atoms with van der Waals surface area (Å²) in [6, 6.07) is 5.27. The lowest BCUT2D eigenvalue weighted by Gasteiger charge is -2.26. The first-order valence-electron chi connectivity index (χ1n) is 6.42. The van der Waals surface area contributed by atoms with E-state index in [1.54, 1.807) is 13.1 Å². The zero-order valence-electron chi connectivity index (χ0n) is 11.0. The van der Waals surface area contributed by atoms with Crippen molar-refractivity contribution in [2.24, 2.45) is 0 Å². The SMILES string of the molecule is CNC(c1ccccc1C(F)(F)F)C1CCC(C)O1. The van der Waals surface area contributed by atoms with Gasteiger partial charge in [-0.1, -0.05) is 18.2 Å². The molecule has 2 nitrogen and oxygen atoms in total. The molecule has 1 N–H and O–H groups in total. The molecule has 1 aromatic carbocycles. The third-order valence-electron chi connectivity index (χ3n) is 3.55. The van der Waals surface area contributed by atoms with Crippen LogP contribution in [-0.4, -0.2) is 19.3 Å². The molecule has 2 rings (SSSR count). The molecule has 0 radical (unpaired) electrons. The van der Waals surface area contributed by atoms with Gasteiger partial charge in [-0.25, -0.2) is 0 Å². The largest absolute Gasteiger partial charge is 0.416 e. The number of rotatable bonds is 3. The zero-order chi connectivity index (χ0) is 14.0. The minimum Gasteiger partial charge on any atom is -0.373 e. The van der Waals surface area contributed by atoms with Gasteiger partial charge in [-0.15, -0.1) is 0 Å². The molecule has 1 aliphatic rings. The van der Waals surface area contributed by atoms with Crippen molar-refractivity contribution in [1.29, 1.82) is 0 Å². The Hall–Kier alpha value is -1.07. The van der Waals surface area contributed by atoms with Crippen LogP contribution in [0.25, 0.3) is 0 Å². The fraction of sp³-hybridized carbons (Fsp3) is 0.571. The van der Waals surface area contributed by atoms with Gasteiger partial charge in [0.25, 0.3) is 0 Å². The van der Waals surface area contributed by atoms with Gasteiger partial charge < -0.3 is 10.1 Å². The molecule has 1 saturated heterocycles. The van der Waals surface area contributed by atoms with Crippen LogP contribution in [0.3, 0.4) is 0 Å². The smallest absolute Gasteiger partial charge is 0.373 e. The van der Waals surface area contributed by atoms with Gasteiger partial charge in [0, 0.05) is 0 Å². The maximum atomic E-state index is 13.0. The van der Waals surface area contributed by atoms with Crippen molar-refractivity contribution in [1.82, 2.24) is 5.32 Å². The van der Waals surface area contributed by atoms with Crippen LogP contribution in [0.5, 0.6) is 0 Å². The van der Waals surface area contributed by atoms with E-state index < -0.39 is 17.8 Å². The molecule has 1 aliphatic heterocycles. The number of alkyl halides is 3. The van der Waals surface area contributed by atoms with E-state index in [1.165, 1.54) is 12.1 Å². The summed E-state index contributed by atoms with van der Waals surface area (Å²) in [7, 11) is 1.67. The summed E-state index contributed by atoms with van der Waals surface area (Å²) >= 11 is 0. The minimum atomic E-state index is -4.34. The Morgan fingerprint density at radius 2 is 1.95 bits per heavy atom. The van der Waals surface area contributed by atoms with Gasteiger partial charge in [-0.3, -0.25) is 0 Å². The van der Waals surface area contributed by atoms with Gasteiger partial charge >= 0.3 is 6.18 Å². The molecule has 19 heavy (non-hydrogen) atoms. The van der Waals surface area contributed by atoms with Crippen molar-refractivity contribution in [2.75, 3.05) is 7.05 Å². The summed E-state index contributed by atoms with van der Waals surface area (Å²) in [4.78, 5) is 0. The van der Waals surface area contributed by atoms with Crippen molar-refractivity contribution < 1.29 is 17.9 Å². The monoisotopic (exact) mass is 273 g/mol.